The van der Waals surface area contributed by atoms with Crippen LogP contribution in [0.4, 0.5) is 5.00 Å². The van der Waals surface area contributed by atoms with E-state index in [-0.39, 0.29) is 0 Å². The van der Waals surface area contributed by atoms with Gasteiger partial charge < -0.3 is 4.90 Å². The normalized spacial score (nSPS) is 9.92. The van der Waals surface area contributed by atoms with E-state index in [1.54, 1.807) is 23.3 Å². The number of amides is 1. The number of aryl methyl sites for hydroxylation is 2. The lowest BCUT2D eigenvalue weighted by Gasteiger charge is -2.06. The third-order valence-corrected chi connectivity index (χ3v) is 2.99. The Labute approximate surface area is 76.0 Å². The highest BCUT2D eigenvalue weighted by Crippen LogP contribution is 2.26. The van der Waals surface area contributed by atoms with Gasteiger partial charge in [0.15, 0.2) is 0 Å². The molecule has 1 aromatic heterocycles. The van der Waals surface area contributed by atoms with E-state index in [0.29, 0.717) is 0 Å². The van der Waals surface area contributed by atoms with Gasteiger partial charge in [-0.1, -0.05) is 6.92 Å². The van der Waals surface area contributed by atoms with E-state index in [1.807, 2.05) is 6.92 Å². The molecule has 66 valence electrons. The first-order valence-corrected chi connectivity index (χ1v) is 4.65. The van der Waals surface area contributed by atoms with E-state index in [1.165, 1.54) is 0 Å². The minimum atomic E-state index is 0.806. The van der Waals surface area contributed by atoms with Crippen molar-refractivity contribution in [1.82, 2.24) is 4.98 Å². The fourth-order valence-corrected chi connectivity index (χ4v) is 1.90. The maximum atomic E-state index is 10.5. The minimum absolute atomic E-state index is 0.806. The van der Waals surface area contributed by atoms with Crippen LogP contribution in [0.3, 0.4) is 0 Å². The minimum Gasteiger partial charge on any atom is -0.308 e. The van der Waals surface area contributed by atoms with Crippen LogP contribution in [0.5, 0.6) is 0 Å². The van der Waals surface area contributed by atoms with E-state index >= 15 is 0 Å². The molecule has 0 aliphatic carbocycles. The molecule has 0 spiro atoms. The highest BCUT2D eigenvalue weighted by molar-refractivity contribution is 7.16. The molecule has 0 saturated carbocycles. The number of hydrogen-bond acceptors (Lipinski definition) is 3. The van der Waals surface area contributed by atoms with Crippen molar-refractivity contribution in [3.05, 3.63) is 10.7 Å². The van der Waals surface area contributed by atoms with Crippen LogP contribution in [0.25, 0.3) is 0 Å². The Morgan fingerprint density at radius 1 is 1.67 bits per heavy atom. The molecule has 4 heteroatoms. The Morgan fingerprint density at radius 2 is 2.33 bits per heavy atom. The zero-order valence-corrected chi connectivity index (χ0v) is 8.31. The maximum absolute atomic E-state index is 10.5. The molecule has 12 heavy (non-hydrogen) atoms. The van der Waals surface area contributed by atoms with Crippen molar-refractivity contribution in [2.24, 2.45) is 0 Å². The molecular formula is C8H12N2OS. The fourth-order valence-electron chi connectivity index (χ4n) is 0.969. The quantitative estimate of drug-likeness (QED) is 0.669. The van der Waals surface area contributed by atoms with Crippen LogP contribution >= 0.6 is 11.3 Å². The summed E-state index contributed by atoms with van der Waals surface area (Å²) in [4.78, 5) is 16.3. The molecule has 3 nitrogen and oxygen atoms in total. The molecule has 0 unspecified atom stereocenters. The third-order valence-electron chi connectivity index (χ3n) is 1.60. The number of carbonyl (C=O) groups excluding carboxylic acids is 1. The van der Waals surface area contributed by atoms with Gasteiger partial charge in [0.05, 0.1) is 10.7 Å². The lowest BCUT2D eigenvalue weighted by molar-refractivity contribution is -0.107. The van der Waals surface area contributed by atoms with Crippen molar-refractivity contribution < 1.29 is 4.79 Å². The molecule has 0 atom stereocenters. The van der Waals surface area contributed by atoms with Gasteiger partial charge in [-0.05, 0) is 13.3 Å². The molecule has 0 aliphatic heterocycles. The lowest BCUT2D eigenvalue weighted by Crippen LogP contribution is -2.12. The Hall–Kier alpha value is -0.900. The van der Waals surface area contributed by atoms with Crippen LogP contribution < -0.4 is 4.90 Å². The van der Waals surface area contributed by atoms with E-state index in [4.69, 9.17) is 0 Å². The maximum Gasteiger partial charge on any atom is 0.214 e. The molecule has 0 N–H and O–H groups in total. The van der Waals surface area contributed by atoms with Gasteiger partial charge in [-0.15, -0.1) is 11.3 Å². The van der Waals surface area contributed by atoms with Crippen molar-refractivity contribution in [3.63, 3.8) is 0 Å². The zero-order chi connectivity index (χ0) is 9.14. The molecule has 1 rings (SSSR count). The van der Waals surface area contributed by atoms with Crippen molar-refractivity contribution in [2.75, 3.05) is 11.9 Å². The van der Waals surface area contributed by atoms with Crippen molar-refractivity contribution in [1.29, 1.82) is 0 Å². The van der Waals surface area contributed by atoms with Crippen LogP contribution in [-0.2, 0) is 11.2 Å². The Kier molecular flexibility index (Phi) is 2.81. The highest BCUT2D eigenvalue weighted by Gasteiger charge is 2.09. The molecular weight excluding hydrogens is 172 g/mol. The van der Waals surface area contributed by atoms with Gasteiger partial charge in [-0.2, -0.15) is 0 Å². The first-order chi connectivity index (χ1) is 5.69. The molecule has 1 aromatic rings. The average molecular weight is 184 g/mol. The Balaban J connectivity index is 2.98. The first-order valence-electron chi connectivity index (χ1n) is 3.83. The smallest absolute Gasteiger partial charge is 0.214 e. The molecule has 0 saturated heterocycles. The topological polar surface area (TPSA) is 33.2 Å². The van der Waals surface area contributed by atoms with Crippen molar-refractivity contribution in [3.8, 4) is 0 Å². The number of anilines is 1. The zero-order valence-electron chi connectivity index (χ0n) is 7.50. The summed E-state index contributed by atoms with van der Waals surface area (Å²) in [6.07, 6.45) is 1.73. The predicted molar refractivity (Wildman–Crippen MR) is 50.7 cm³/mol. The van der Waals surface area contributed by atoms with Crippen LogP contribution in [0.15, 0.2) is 0 Å². The second-order valence-corrected chi connectivity index (χ2v) is 3.63. The van der Waals surface area contributed by atoms with E-state index in [9.17, 15) is 4.79 Å². The largest absolute Gasteiger partial charge is 0.308 e. The van der Waals surface area contributed by atoms with Gasteiger partial charge in [-0.3, -0.25) is 4.79 Å². The molecule has 1 amide bonds. The fraction of sp³-hybridized carbons (Fsp3) is 0.500. The number of thiazole rings is 1. The SMILES string of the molecule is CCc1nc(C)c(N(C)C=O)s1. The Bertz CT molecular complexity index is 283. The molecule has 0 aliphatic rings. The second-order valence-electron chi connectivity index (χ2n) is 2.57. The van der Waals surface area contributed by atoms with Crippen LogP contribution in [-0.4, -0.2) is 18.4 Å². The summed E-state index contributed by atoms with van der Waals surface area (Å²) in [6.45, 7) is 3.98. The van der Waals surface area contributed by atoms with Crippen molar-refractivity contribution >= 4 is 22.7 Å². The van der Waals surface area contributed by atoms with Gasteiger partial charge in [0.25, 0.3) is 0 Å². The average Bonchev–Trinajstić information content (AvgIpc) is 2.45. The van der Waals surface area contributed by atoms with E-state index < -0.39 is 0 Å². The number of hydrogen-bond donors (Lipinski definition) is 0. The Morgan fingerprint density at radius 3 is 2.75 bits per heavy atom. The summed E-state index contributed by atoms with van der Waals surface area (Å²) in [7, 11) is 1.74. The molecule has 1 heterocycles. The monoisotopic (exact) mass is 184 g/mol. The summed E-state index contributed by atoms with van der Waals surface area (Å²) in [5.41, 5.74) is 0.937. The summed E-state index contributed by atoms with van der Waals surface area (Å²) < 4.78 is 0. The highest BCUT2D eigenvalue weighted by atomic mass is 32.1. The van der Waals surface area contributed by atoms with Gasteiger partial charge in [0.2, 0.25) is 6.41 Å². The van der Waals surface area contributed by atoms with Gasteiger partial charge in [0.1, 0.15) is 5.00 Å². The number of aromatic nitrogens is 1. The summed E-state index contributed by atoms with van der Waals surface area (Å²) in [6, 6.07) is 0. The van der Waals surface area contributed by atoms with Crippen LogP contribution in [0, 0.1) is 6.92 Å². The molecule has 0 radical (unpaired) electrons. The van der Waals surface area contributed by atoms with Crippen molar-refractivity contribution in [2.45, 2.75) is 20.3 Å². The van der Waals surface area contributed by atoms with Gasteiger partial charge in [-0.25, -0.2) is 4.98 Å². The second kappa shape index (κ2) is 3.67. The summed E-state index contributed by atoms with van der Waals surface area (Å²) in [5, 5.41) is 2.03. The number of nitrogens with zero attached hydrogens (tertiary/aromatic N) is 2. The standard InChI is InChI=1S/C8H12N2OS/c1-4-7-9-6(2)8(12-7)10(3)5-11/h5H,4H2,1-3H3. The van der Waals surface area contributed by atoms with Gasteiger partial charge in [0, 0.05) is 7.05 Å². The molecule has 0 aromatic carbocycles. The van der Waals surface area contributed by atoms with Crippen LogP contribution in [0.2, 0.25) is 0 Å². The van der Waals surface area contributed by atoms with Gasteiger partial charge >= 0.3 is 0 Å². The van der Waals surface area contributed by atoms with E-state index in [0.717, 1.165) is 28.5 Å². The lowest BCUT2D eigenvalue weighted by atomic mass is 10.5. The van der Waals surface area contributed by atoms with E-state index in [2.05, 4.69) is 11.9 Å². The van der Waals surface area contributed by atoms with Crippen LogP contribution in [0.1, 0.15) is 17.6 Å². The predicted octanol–water partition coefficient (Wildman–Crippen LogP) is 1.61. The number of carbonyl (C=O) groups is 1. The summed E-state index contributed by atoms with van der Waals surface area (Å²) in [5.74, 6) is 0. The first kappa shape index (κ1) is 9.19. The number of rotatable bonds is 3. The molecule has 0 bridgehead atoms. The summed E-state index contributed by atoms with van der Waals surface area (Å²) >= 11 is 1.58. The molecule has 0 fully saturated rings. The third kappa shape index (κ3) is 1.64.